The summed E-state index contributed by atoms with van der Waals surface area (Å²) in [7, 11) is 1.29. The van der Waals surface area contributed by atoms with Crippen LogP contribution in [0.4, 0.5) is 0 Å². The number of aromatic nitrogens is 2. The van der Waals surface area contributed by atoms with Gasteiger partial charge in [0.1, 0.15) is 5.82 Å². The number of pyridine rings is 1. The zero-order chi connectivity index (χ0) is 10.8. The number of hydrogen-bond acceptors (Lipinski definition) is 4. The lowest BCUT2D eigenvalue weighted by Crippen LogP contribution is -2.00. The summed E-state index contributed by atoms with van der Waals surface area (Å²) in [5.41, 5.74) is 1.44. The number of rotatable bonds is 2. The van der Waals surface area contributed by atoms with Crippen LogP contribution in [0.1, 0.15) is 20.8 Å². The molecule has 0 aromatic rings. The Hall–Kier alpha value is -2.17. The van der Waals surface area contributed by atoms with Crippen molar-refractivity contribution < 1.29 is 14.3 Å². The van der Waals surface area contributed by atoms with Crippen molar-refractivity contribution in [1.82, 2.24) is 9.97 Å². The molecule has 0 saturated heterocycles. The number of carbonyl (C=O) groups excluding carboxylic acids is 2. The first-order valence-corrected chi connectivity index (χ1v) is 4.27. The molecule has 2 heterocycles. The molecular formula is C10H8N2O3. The monoisotopic (exact) mass is 204 g/mol. The van der Waals surface area contributed by atoms with Crippen molar-refractivity contribution in [2.24, 2.45) is 0 Å². The molecule has 0 saturated carbocycles. The van der Waals surface area contributed by atoms with Crippen molar-refractivity contribution in [1.29, 1.82) is 0 Å². The van der Waals surface area contributed by atoms with E-state index >= 15 is 0 Å². The largest absolute Gasteiger partial charge is 0.464 e. The number of fused-ring (bicyclic) bond motifs is 1. The average molecular weight is 204 g/mol. The number of H-pyrrole nitrogens is 1. The first-order valence-electron chi connectivity index (χ1n) is 4.27. The third kappa shape index (κ3) is 1.59. The number of nitrogens with zero attached hydrogens (tertiary/aromatic N) is 1. The molecule has 5 nitrogen and oxygen atoms in total. The van der Waals surface area contributed by atoms with Crippen LogP contribution in [-0.4, -0.2) is 29.3 Å². The number of esters is 1. The summed E-state index contributed by atoms with van der Waals surface area (Å²) in [6.07, 6.45) is 2.25. The molecule has 0 aromatic heterocycles. The van der Waals surface area contributed by atoms with E-state index in [2.05, 4.69) is 14.7 Å². The molecule has 2 aliphatic rings. The maximum absolute atomic E-state index is 11.2. The zero-order valence-corrected chi connectivity index (χ0v) is 7.98. The van der Waals surface area contributed by atoms with Crippen LogP contribution in [0.15, 0.2) is 18.3 Å². The van der Waals surface area contributed by atoms with Crippen LogP contribution in [0.3, 0.4) is 0 Å². The van der Waals surface area contributed by atoms with E-state index in [1.54, 1.807) is 12.1 Å². The number of hydrogen-bond donors (Lipinski definition) is 1. The molecule has 15 heavy (non-hydrogen) atoms. The molecule has 2 rings (SSSR count). The average Bonchev–Trinajstić information content (AvgIpc) is 2.70. The number of nitrogens with one attached hydrogen (secondary N) is 1. The molecule has 0 unspecified atom stereocenters. The second-order valence-electron chi connectivity index (χ2n) is 2.99. The highest BCUT2D eigenvalue weighted by molar-refractivity contribution is 5.90. The molecule has 0 fully saturated rings. The molecule has 0 radical (unpaired) electrons. The molecule has 1 N–H and O–H groups in total. The number of carbonyl (C=O) groups is 2. The molecule has 76 valence electrons. The van der Waals surface area contributed by atoms with Crippen LogP contribution in [0, 0.1) is 0 Å². The summed E-state index contributed by atoms with van der Waals surface area (Å²) in [5.74, 6) is 0.0632. The van der Waals surface area contributed by atoms with Gasteiger partial charge in [-0.15, -0.1) is 0 Å². The van der Waals surface area contributed by atoms with Crippen LogP contribution in [0.25, 0.3) is 11.4 Å². The van der Waals surface area contributed by atoms with E-state index in [1.165, 1.54) is 13.3 Å². The predicted octanol–water partition coefficient (Wildman–Crippen LogP) is 1.11. The third-order valence-corrected chi connectivity index (χ3v) is 2.03. The van der Waals surface area contributed by atoms with Gasteiger partial charge in [-0.1, -0.05) is 0 Å². The van der Waals surface area contributed by atoms with E-state index in [-0.39, 0.29) is 5.69 Å². The Bertz CT molecular complexity index is 490. The van der Waals surface area contributed by atoms with Crippen molar-refractivity contribution >= 4 is 12.3 Å². The maximum atomic E-state index is 11.2. The number of aromatic amines is 1. The van der Waals surface area contributed by atoms with Gasteiger partial charge in [0, 0.05) is 17.3 Å². The SMILES string of the molecule is COC(=O)c1cc2cc(C=O)c[nH]c-2n1. The van der Waals surface area contributed by atoms with E-state index in [1.807, 2.05) is 0 Å². The highest BCUT2D eigenvalue weighted by Crippen LogP contribution is 2.20. The third-order valence-electron chi connectivity index (χ3n) is 2.03. The molecule has 5 heteroatoms. The fourth-order valence-electron chi connectivity index (χ4n) is 1.31. The van der Waals surface area contributed by atoms with Crippen LogP contribution in [0.5, 0.6) is 0 Å². The van der Waals surface area contributed by atoms with E-state index < -0.39 is 5.97 Å². The van der Waals surface area contributed by atoms with Crippen LogP contribution in [-0.2, 0) is 4.74 Å². The van der Waals surface area contributed by atoms with Crippen LogP contribution in [0.2, 0.25) is 0 Å². The molecule has 0 amide bonds. The Morgan fingerprint density at radius 3 is 3.00 bits per heavy atom. The first-order chi connectivity index (χ1) is 7.24. The van der Waals surface area contributed by atoms with Crippen molar-refractivity contribution in [2.45, 2.75) is 0 Å². The summed E-state index contributed by atoms with van der Waals surface area (Å²) in [6, 6.07) is 3.23. The Balaban J connectivity index is 2.52. The van der Waals surface area contributed by atoms with Crippen LogP contribution < -0.4 is 0 Å². The normalized spacial score (nSPS) is 10.2. The van der Waals surface area contributed by atoms with Gasteiger partial charge >= 0.3 is 5.97 Å². The summed E-state index contributed by atoms with van der Waals surface area (Å²) in [4.78, 5) is 28.5. The van der Waals surface area contributed by atoms with Crippen molar-refractivity contribution in [3.63, 3.8) is 0 Å². The lowest BCUT2D eigenvalue weighted by molar-refractivity contribution is 0.0595. The highest BCUT2D eigenvalue weighted by Gasteiger charge is 2.15. The van der Waals surface area contributed by atoms with E-state index in [0.717, 1.165) is 6.29 Å². The topological polar surface area (TPSA) is 72.1 Å². The molecule has 0 bridgehead atoms. The van der Waals surface area contributed by atoms with Gasteiger partial charge in [0.2, 0.25) is 0 Å². The standard InChI is InChI=1S/C10H8N2O3/c1-15-10(14)8-3-7-2-6(5-13)4-11-9(7)12-8/h2-5H,1H3,(H,11,12). The van der Waals surface area contributed by atoms with Crippen molar-refractivity contribution in [2.75, 3.05) is 7.11 Å². The van der Waals surface area contributed by atoms with Crippen molar-refractivity contribution in [3.05, 3.63) is 29.6 Å². The zero-order valence-electron chi connectivity index (χ0n) is 7.98. The van der Waals surface area contributed by atoms with E-state index in [0.29, 0.717) is 17.0 Å². The molecular weight excluding hydrogens is 196 g/mol. The Kier molecular flexibility index (Phi) is 2.21. The molecule has 0 spiro atoms. The number of methoxy groups -OCH3 is 1. The van der Waals surface area contributed by atoms with Gasteiger partial charge in [0.05, 0.1) is 7.11 Å². The number of ether oxygens (including phenoxy) is 1. The van der Waals surface area contributed by atoms with E-state index in [4.69, 9.17) is 0 Å². The minimum atomic E-state index is -0.493. The summed E-state index contributed by atoms with van der Waals surface area (Å²) >= 11 is 0. The highest BCUT2D eigenvalue weighted by atomic mass is 16.5. The summed E-state index contributed by atoms with van der Waals surface area (Å²) in [6.45, 7) is 0. The van der Waals surface area contributed by atoms with Gasteiger partial charge in [0.15, 0.2) is 12.0 Å². The molecule has 0 aliphatic carbocycles. The summed E-state index contributed by atoms with van der Waals surface area (Å²) < 4.78 is 4.54. The minimum Gasteiger partial charge on any atom is -0.464 e. The van der Waals surface area contributed by atoms with Crippen LogP contribution >= 0.6 is 0 Å². The molecule has 2 aliphatic heterocycles. The van der Waals surface area contributed by atoms with Gasteiger partial charge in [-0.25, -0.2) is 9.78 Å². The lowest BCUT2D eigenvalue weighted by atomic mass is 10.2. The maximum Gasteiger partial charge on any atom is 0.356 e. The quantitative estimate of drug-likeness (QED) is 0.587. The second kappa shape index (κ2) is 3.53. The fourth-order valence-corrected chi connectivity index (χ4v) is 1.31. The van der Waals surface area contributed by atoms with Gasteiger partial charge in [0.25, 0.3) is 0 Å². The minimum absolute atomic E-state index is 0.229. The van der Waals surface area contributed by atoms with E-state index in [9.17, 15) is 9.59 Å². The van der Waals surface area contributed by atoms with Gasteiger partial charge in [-0.3, -0.25) is 4.79 Å². The second-order valence-corrected chi connectivity index (χ2v) is 2.99. The predicted molar refractivity (Wildman–Crippen MR) is 51.9 cm³/mol. The van der Waals surface area contributed by atoms with Gasteiger partial charge in [-0.05, 0) is 12.1 Å². The molecule has 0 aromatic carbocycles. The lowest BCUT2D eigenvalue weighted by Gasteiger charge is -1.96. The Morgan fingerprint density at radius 2 is 2.33 bits per heavy atom. The Morgan fingerprint density at radius 1 is 1.53 bits per heavy atom. The van der Waals surface area contributed by atoms with Gasteiger partial charge in [-0.2, -0.15) is 0 Å². The van der Waals surface area contributed by atoms with Crippen molar-refractivity contribution in [3.8, 4) is 11.4 Å². The van der Waals surface area contributed by atoms with Gasteiger partial charge < -0.3 is 9.72 Å². The summed E-state index contributed by atoms with van der Waals surface area (Å²) in [5, 5.41) is 0. The smallest absolute Gasteiger partial charge is 0.356 e. The fraction of sp³-hybridized carbons (Fsp3) is 0.100. The first kappa shape index (κ1) is 9.39. The Labute approximate surface area is 85.4 Å². The molecule has 0 atom stereocenters. The number of aldehydes is 1.